The van der Waals surface area contributed by atoms with Gasteiger partial charge in [-0.25, -0.2) is 4.79 Å². The lowest BCUT2D eigenvalue weighted by Gasteiger charge is -2.04. The Bertz CT molecular complexity index is 335. The van der Waals surface area contributed by atoms with Gasteiger partial charge in [0.2, 0.25) is 0 Å². The molecule has 0 aliphatic rings. The monoisotopic (exact) mass is 394 g/mol. The van der Waals surface area contributed by atoms with Gasteiger partial charge in [-0.05, 0) is 12.8 Å². The second kappa shape index (κ2) is 24.2. The van der Waals surface area contributed by atoms with Crippen molar-refractivity contribution < 1.29 is 9.53 Å². The average Bonchev–Trinajstić information content (AvgIpc) is 2.71. The Kier molecular flexibility index (Phi) is 23.6. The topological polar surface area (TPSA) is 26.3 Å². The van der Waals surface area contributed by atoms with Gasteiger partial charge < -0.3 is 4.74 Å². The molecular formula is C26H50O2. The zero-order chi connectivity index (χ0) is 20.5. The van der Waals surface area contributed by atoms with Crippen molar-refractivity contribution >= 4 is 5.97 Å². The van der Waals surface area contributed by atoms with Crippen molar-refractivity contribution in [2.45, 2.75) is 142 Å². The van der Waals surface area contributed by atoms with Gasteiger partial charge in [0.25, 0.3) is 0 Å². The molecule has 0 N–H and O–H groups in total. The second-order valence-electron chi connectivity index (χ2n) is 8.43. The summed E-state index contributed by atoms with van der Waals surface area (Å²) in [5, 5.41) is 0. The third-order valence-corrected chi connectivity index (χ3v) is 5.68. The van der Waals surface area contributed by atoms with Gasteiger partial charge in [-0.3, -0.25) is 0 Å². The van der Waals surface area contributed by atoms with E-state index in [1.807, 2.05) is 6.08 Å². The normalized spacial score (nSPS) is 11.4. The standard InChI is InChI=1S/C26H50O2/c1-3-4-5-6-7-8-9-10-11-12-13-14-15-16-17-18-19-20-21-22-23-24-25-26(27)28-2/h24-25H,3-23H2,1-2H3. The summed E-state index contributed by atoms with van der Waals surface area (Å²) >= 11 is 0. The zero-order valence-electron chi connectivity index (χ0n) is 19.3. The molecule has 2 nitrogen and oxygen atoms in total. The molecule has 0 spiro atoms. The van der Waals surface area contributed by atoms with E-state index < -0.39 is 0 Å². The Labute approximate surface area is 176 Å². The molecule has 0 bridgehead atoms. The molecule has 0 rings (SSSR count). The molecule has 0 fully saturated rings. The van der Waals surface area contributed by atoms with Gasteiger partial charge >= 0.3 is 5.97 Å². The first-order chi connectivity index (χ1) is 13.8. The number of methoxy groups -OCH3 is 1. The molecule has 0 amide bonds. The van der Waals surface area contributed by atoms with Crippen LogP contribution in [0.1, 0.15) is 142 Å². The molecule has 2 heteroatoms. The van der Waals surface area contributed by atoms with Crippen molar-refractivity contribution in [3.05, 3.63) is 12.2 Å². The smallest absolute Gasteiger partial charge is 0.330 e. The van der Waals surface area contributed by atoms with Crippen molar-refractivity contribution in [3.63, 3.8) is 0 Å². The van der Waals surface area contributed by atoms with Gasteiger partial charge in [0.15, 0.2) is 0 Å². The summed E-state index contributed by atoms with van der Waals surface area (Å²) in [4.78, 5) is 10.9. The first-order valence-corrected chi connectivity index (χ1v) is 12.6. The summed E-state index contributed by atoms with van der Waals surface area (Å²) in [5.74, 6) is -0.242. The predicted octanol–water partition coefficient (Wildman–Crippen LogP) is 8.93. The number of allylic oxidation sites excluding steroid dienone is 1. The maximum Gasteiger partial charge on any atom is 0.330 e. The lowest BCUT2D eigenvalue weighted by molar-refractivity contribution is -0.134. The zero-order valence-corrected chi connectivity index (χ0v) is 19.3. The molecule has 0 saturated carbocycles. The molecule has 0 saturated heterocycles. The molecule has 28 heavy (non-hydrogen) atoms. The molecule has 166 valence electrons. The fraction of sp³-hybridized carbons (Fsp3) is 0.885. The minimum atomic E-state index is -0.242. The summed E-state index contributed by atoms with van der Waals surface area (Å²) in [6.07, 6.45) is 32.7. The number of ether oxygens (including phenoxy) is 1. The quantitative estimate of drug-likeness (QED) is 0.104. The van der Waals surface area contributed by atoms with E-state index in [9.17, 15) is 4.79 Å². The summed E-state index contributed by atoms with van der Waals surface area (Å²) in [7, 11) is 1.42. The van der Waals surface area contributed by atoms with E-state index in [-0.39, 0.29) is 5.97 Å². The number of unbranched alkanes of at least 4 members (excludes halogenated alkanes) is 20. The highest BCUT2D eigenvalue weighted by atomic mass is 16.5. The van der Waals surface area contributed by atoms with Crippen LogP contribution in [0.5, 0.6) is 0 Å². The van der Waals surface area contributed by atoms with Crippen LogP contribution in [0.2, 0.25) is 0 Å². The van der Waals surface area contributed by atoms with Gasteiger partial charge in [-0.2, -0.15) is 0 Å². The van der Waals surface area contributed by atoms with Crippen LogP contribution in [-0.4, -0.2) is 13.1 Å². The van der Waals surface area contributed by atoms with Crippen molar-refractivity contribution in [3.8, 4) is 0 Å². The number of carbonyl (C=O) groups excluding carboxylic acids is 1. The molecule has 0 radical (unpaired) electrons. The summed E-state index contributed by atoms with van der Waals surface area (Å²) in [5.41, 5.74) is 0. The van der Waals surface area contributed by atoms with Crippen LogP contribution in [0, 0.1) is 0 Å². The highest BCUT2D eigenvalue weighted by Crippen LogP contribution is 2.15. The third kappa shape index (κ3) is 23.2. The molecule has 0 heterocycles. The van der Waals surface area contributed by atoms with E-state index >= 15 is 0 Å². The number of hydrogen-bond acceptors (Lipinski definition) is 2. The van der Waals surface area contributed by atoms with Crippen LogP contribution < -0.4 is 0 Å². The maximum atomic E-state index is 10.9. The van der Waals surface area contributed by atoms with Crippen LogP contribution in [0.15, 0.2) is 12.2 Å². The third-order valence-electron chi connectivity index (χ3n) is 5.68. The van der Waals surface area contributed by atoms with Gasteiger partial charge in [0, 0.05) is 6.08 Å². The molecule has 0 atom stereocenters. The van der Waals surface area contributed by atoms with E-state index in [1.54, 1.807) is 0 Å². The minimum absolute atomic E-state index is 0.242. The fourth-order valence-corrected chi connectivity index (χ4v) is 3.76. The Morgan fingerprint density at radius 2 is 0.893 bits per heavy atom. The summed E-state index contributed by atoms with van der Waals surface area (Å²) < 4.78 is 4.57. The highest BCUT2D eigenvalue weighted by molar-refractivity contribution is 5.81. The fourth-order valence-electron chi connectivity index (χ4n) is 3.76. The van der Waals surface area contributed by atoms with Crippen molar-refractivity contribution in [2.24, 2.45) is 0 Å². The number of carbonyl (C=O) groups is 1. The van der Waals surface area contributed by atoms with E-state index in [4.69, 9.17) is 0 Å². The Morgan fingerprint density at radius 1 is 0.571 bits per heavy atom. The second-order valence-corrected chi connectivity index (χ2v) is 8.43. The van der Waals surface area contributed by atoms with Crippen molar-refractivity contribution in [2.75, 3.05) is 7.11 Å². The Hall–Kier alpha value is -0.790. The maximum absolute atomic E-state index is 10.9. The van der Waals surface area contributed by atoms with E-state index in [0.29, 0.717) is 0 Å². The molecule has 0 unspecified atom stereocenters. The molecule has 0 aromatic heterocycles. The van der Waals surface area contributed by atoms with Crippen LogP contribution in [0.25, 0.3) is 0 Å². The van der Waals surface area contributed by atoms with E-state index in [2.05, 4.69) is 11.7 Å². The van der Waals surface area contributed by atoms with Crippen LogP contribution >= 0.6 is 0 Å². The number of hydrogen-bond donors (Lipinski definition) is 0. The van der Waals surface area contributed by atoms with E-state index in [1.165, 1.54) is 142 Å². The Morgan fingerprint density at radius 3 is 1.21 bits per heavy atom. The molecule has 0 aliphatic carbocycles. The first-order valence-electron chi connectivity index (χ1n) is 12.6. The van der Waals surface area contributed by atoms with Gasteiger partial charge in [0.1, 0.15) is 0 Å². The van der Waals surface area contributed by atoms with Gasteiger partial charge in [-0.15, -0.1) is 0 Å². The molecular weight excluding hydrogens is 344 g/mol. The van der Waals surface area contributed by atoms with Crippen LogP contribution in [-0.2, 0) is 9.53 Å². The van der Waals surface area contributed by atoms with Crippen LogP contribution in [0.4, 0.5) is 0 Å². The van der Waals surface area contributed by atoms with Gasteiger partial charge in [0.05, 0.1) is 7.11 Å². The van der Waals surface area contributed by atoms with Gasteiger partial charge in [-0.1, -0.05) is 135 Å². The van der Waals surface area contributed by atoms with Crippen molar-refractivity contribution in [1.29, 1.82) is 0 Å². The molecule has 0 aromatic carbocycles. The Balaban J connectivity index is 3.05. The van der Waals surface area contributed by atoms with Crippen LogP contribution in [0.3, 0.4) is 0 Å². The largest absolute Gasteiger partial charge is 0.466 e. The van der Waals surface area contributed by atoms with E-state index in [0.717, 1.165) is 6.42 Å². The highest BCUT2D eigenvalue weighted by Gasteiger charge is 1.95. The SMILES string of the molecule is CCCCCCCCCCCCCCCCCCCCCCC=CC(=O)OC. The number of rotatable bonds is 22. The lowest BCUT2D eigenvalue weighted by Crippen LogP contribution is -1.93. The molecule has 0 aromatic rings. The number of esters is 1. The minimum Gasteiger partial charge on any atom is -0.466 e. The first kappa shape index (κ1) is 27.2. The molecule has 0 aliphatic heterocycles. The average molecular weight is 395 g/mol. The predicted molar refractivity (Wildman–Crippen MR) is 124 cm³/mol. The van der Waals surface area contributed by atoms with Crippen molar-refractivity contribution in [1.82, 2.24) is 0 Å². The summed E-state index contributed by atoms with van der Waals surface area (Å²) in [6, 6.07) is 0. The lowest BCUT2D eigenvalue weighted by atomic mass is 10.0. The summed E-state index contributed by atoms with van der Waals surface area (Å²) in [6.45, 7) is 2.29.